The van der Waals surface area contributed by atoms with Crippen molar-refractivity contribution in [3.05, 3.63) is 51.8 Å². The zero-order chi connectivity index (χ0) is 23.5. The molecule has 1 saturated heterocycles. The zero-order valence-electron chi connectivity index (χ0n) is 18.0. The van der Waals surface area contributed by atoms with Gasteiger partial charge in [-0.3, -0.25) is 4.68 Å². The lowest BCUT2D eigenvalue weighted by Crippen LogP contribution is -2.48. The fraction of sp³-hybridized carbons (Fsp3) is 0.545. The van der Waals surface area contributed by atoms with Crippen molar-refractivity contribution < 1.29 is 22.7 Å². The quantitative estimate of drug-likeness (QED) is 0.517. The number of rotatable bonds is 3. The van der Waals surface area contributed by atoms with Crippen LogP contribution < -0.4 is 0 Å². The largest absolute Gasteiger partial charge is 0.444 e. The summed E-state index contributed by atoms with van der Waals surface area (Å²) in [5.41, 5.74) is -1.43. The number of hydrogen-bond acceptors (Lipinski definition) is 3. The monoisotopic (exact) mass is 489 g/mol. The number of aromatic nitrogens is 2. The first kappa shape index (κ1) is 23.2. The summed E-state index contributed by atoms with van der Waals surface area (Å²) in [6.07, 6.45) is -2.27. The molecule has 0 radical (unpaired) electrons. The van der Waals surface area contributed by atoms with Gasteiger partial charge in [-0.2, -0.15) is 18.3 Å². The van der Waals surface area contributed by atoms with Gasteiger partial charge >= 0.3 is 12.3 Å². The zero-order valence-corrected chi connectivity index (χ0v) is 19.5. The number of ether oxygens (including phenoxy) is 1. The summed E-state index contributed by atoms with van der Waals surface area (Å²) in [5, 5.41) is 4.60. The fourth-order valence-electron chi connectivity index (χ4n) is 4.86. The maximum atomic E-state index is 13.1. The molecule has 2 atom stereocenters. The summed E-state index contributed by atoms with van der Waals surface area (Å²) in [7, 11) is 0. The van der Waals surface area contributed by atoms with Crippen molar-refractivity contribution in [1.29, 1.82) is 0 Å². The van der Waals surface area contributed by atoms with E-state index in [9.17, 15) is 18.0 Å². The average Bonchev–Trinajstić information content (AvgIpc) is 3.08. The molecule has 174 valence electrons. The first-order chi connectivity index (χ1) is 14.7. The molecule has 4 rings (SSSR count). The number of amides is 1. The molecule has 1 aliphatic carbocycles. The molecule has 2 aromatic rings. The Kier molecular flexibility index (Phi) is 5.48. The number of likely N-dealkylation sites (tertiary alicyclic amines) is 1. The van der Waals surface area contributed by atoms with E-state index < -0.39 is 29.0 Å². The van der Waals surface area contributed by atoms with Gasteiger partial charge in [0.15, 0.2) is 5.69 Å². The van der Waals surface area contributed by atoms with Crippen molar-refractivity contribution in [1.82, 2.24) is 14.7 Å². The molecule has 5 nitrogen and oxygen atoms in total. The molecule has 0 spiro atoms. The van der Waals surface area contributed by atoms with Gasteiger partial charge in [-0.05, 0) is 57.4 Å². The molecule has 1 amide bonds. The van der Waals surface area contributed by atoms with Crippen molar-refractivity contribution in [3.63, 3.8) is 0 Å². The fourth-order valence-corrected chi connectivity index (χ4v) is 5.16. The molecule has 1 aliphatic heterocycles. The number of alkyl halides is 3. The second-order valence-corrected chi connectivity index (χ2v) is 10.5. The molecular weight excluding hydrogens is 466 g/mol. The van der Waals surface area contributed by atoms with E-state index in [0.29, 0.717) is 36.0 Å². The standard InChI is InChI=1S/C22H24Cl2F3N3O2/c1-19(2,3)32-18(31)29-9-7-21(14-4-5-15(23)16(24)10-14)11-20(21,12-29)13-30-8-6-17(28-30)22(25,26)27/h4-6,8,10H,7,9,11-13H2,1-3H3. The van der Waals surface area contributed by atoms with Gasteiger partial charge in [0.2, 0.25) is 0 Å². The molecular formula is C22H24Cl2F3N3O2. The van der Waals surface area contributed by atoms with Crippen molar-refractivity contribution in [2.24, 2.45) is 5.41 Å². The minimum Gasteiger partial charge on any atom is -0.444 e. The summed E-state index contributed by atoms with van der Waals surface area (Å²) in [6.45, 7) is 6.45. The van der Waals surface area contributed by atoms with Crippen molar-refractivity contribution in [2.75, 3.05) is 13.1 Å². The van der Waals surface area contributed by atoms with E-state index in [-0.39, 0.29) is 12.0 Å². The molecule has 2 unspecified atom stereocenters. The molecule has 0 bridgehead atoms. The molecule has 10 heteroatoms. The average molecular weight is 490 g/mol. The Morgan fingerprint density at radius 1 is 1.19 bits per heavy atom. The number of fused-ring (bicyclic) bond motifs is 1. The number of piperidine rings is 1. The van der Waals surface area contributed by atoms with Gasteiger partial charge in [0.05, 0.1) is 10.0 Å². The van der Waals surface area contributed by atoms with Crippen molar-refractivity contribution in [3.8, 4) is 0 Å². The minimum absolute atomic E-state index is 0.239. The highest BCUT2D eigenvalue weighted by Crippen LogP contribution is 2.69. The highest BCUT2D eigenvalue weighted by Gasteiger charge is 2.70. The number of halogens is 5. The summed E-state index contributed by atoms with van der Waals surface area (Å²) < 4.78 is 46.0. The number of hydrogen-bond donors (Lipinski definition) is 0. The van der Waals surface area contributed by atoms with E-state index >= 15 is 0 Å². The van der Waals surface area contributed by atoms with Crippen LogP contribution in [0.3, 0.4) is 0 Å². The second-order valence-electron chi connectivity index (χ2n) is 9.72. The maximum Gasteiger partial charge on any atom is 0.435 e. The van der Waals surface area contributed by atoms with Gasteiger partial charge in [-0.1, -0.05) is 29.3 Å². The Labute approximate surface area is 194 Å². The van der Waals surface area contributed by atoms with Gasteiger partial charge < -0.3 is 9.64 Å². The van der Waals surface area contributed by atoms with Crippen LogP contribution in [0.4, 0.5) is 18.0 Å². The Bertz CT molecular complexity index is 1050. The normalized spacial score (nSPS) is 25.4. The lowest BCUT2D eigenvalue weighted by molar-refractivity contribution is -0.141. The minimum atomic E-state index is -4.51. The third-order valence-corrected chi connectivity index (χ3v) is 7.09. The predicted octanol–water partition coefficient (Wildman–Crippen LogP) is 6.18. The first-order valence-electron chi connectivity index (χ1n) is 10.3. The molecule has 1 aromatic carbocycles. The summed E-state index contributed by atoms with van der Waals surface area (Å²) in [6, 6.07) is 6.42. The van der Waals surface area contributed by atoms with Crippen LogP contribution in [0.15, 0.2) is 30.5 Å². The number of benzene rings is 1. The third kappa shape index (κ3) is 4.19. The number of carbonyl (C=O) groups is 1. The molecule has 0 N–H and O–H groups in total. The van der Waals surface area contributed by atoms with Crippen molar-refractivity contribution >= 4 is 29.3 Å². The van der Waals surface area contributed by atoms with Gasteiger partial charge in [0, 0.05) is 36.7 Å². The van der Waals surface area contributed by atoms with Crippen LogP contribution in [-0.2, 0) is 22.9 Å². The van der Waals surface area contributed by atoms with Gasteiger partial charge in [0.25, 0.3) is 0 Å². The smallest absolute Gasteiger partial charge is 0.435 e. The van der Waals surface area contributed by atoms with Crippen LogP contribution in [0.1, 0.15) is 44.9 Å². The van der Waals surface area contributed by atoms with E-state index in [1.54, 1.807) is 31.7 Å². The van der Waals surface area contributed by atoms with Crippen LogP contribution in [0.2, 0.25) is 10.0 Å². The Hall–Kier alpha value is -1.93. The third-order valence-electron chi connectivity index (χ3n) is 6.35. The topological polar surface area (TPSA) is 47.4 Å². The van der Waals surface area contributed by atoms with Crippen LogP contribution >= 0.6 is 23.2 Å². The van der Waals surface area contributed by atoms with Gasteiger partial charge in [-0.25, -0.2) is 4.79 Å². The second kappa shape index (κ2) is 7.55. The van der Waals surface area contributed by atoms with Crippen LogP contribution in [0, 0.1) is 5.41 Å². The molecule has 2 heterocycles. The van der Waals surface area contributed by atoms with E-state index in [1.165, 1.54) is 10.9 Å². The molecule has 2 fully saturated rings. The Balaban J connectivity index is 1.65. The van der Waals surface area contributed by atoms with E-state index in [4.69, 9.17) is 27.9 Å². The highest BCUT2D eigenvalue weighted by molar-refractivity contribution is 6.42. The number of carbonyl (C=O) groups excluding carboxylic acids is 1. The summed E-state index contributed by atoms with van der Waals surface area (Å²) >= 11 is 12.4. The highest BCUT2D eigenvalue weighted by atomic mass is 35.5. The predicted molar refractivity (Wildman–Crippen MR) is 115 cm³/mol. The van der Waals surface area contributed by atoms with Crippen LogP contribution in [0.25, 0.3) is 0 Å². The van der Waals surface area contributed by atoms with E-state index in [1.807, 2.05) is 12.1 Å². The van der Waals surface area contributed by atoms with Crippen LogP contribution in [0.5, 0.6) is 0 Å². The molecule has 32 heavy (non-hydrogen) atoms. The first-order valence-corrected chi connectivity index (χ1v) is 11.0. The molecule has 1 aromatic heterocycles. The summed E-state index contributed by atoms with van der Waals surface area (Å²) in [4.78, 5) is 14.4. The molecule has 1 saturated carbocycles. The van der Waals surface area contributed by atoms with Gasteiger partial charge in [-0.15, -0.1) is 0 Å². The number of nitrogens with zero attached hydrogens (tertiary/aromatic N) is 3. The summed E-state index contributed by atoms with van der Waals surface area (Å²) in [5.74, 6) is 0. The Morgan fingerprint density at radius 3 is 2.50 bits per heavy atom. The van der Waals surface area contributed by atoms with Crippen LogP contribution in [-0.4, -0.2) is 39.5 Å². The van der Waals surface area contributed by atoms with Gasteiger partial charge in [0.1, 0.15) is 5.60 Å². The maximum absolute atomic E-state index is 13.1. The van der Waals surface area contributed by atoms with E-state index in [2.05, 4.69) is 5.10 Å². The van der Waals surface area contributed by atoms with E-state index in [0.717, 1.165) is 11.6 Å². The lowest BCUT2D eigenvalue weighted by Gasteiger charge is -2.39. The lowest BCUT2D eigenvalue weighted by atomic mass is 9.80. The Morgan fingerprint density at radius 2 is 1.91 bits per heavy atom. The van der Waals surface area contributed by atoms with Crippen molar-refractivity contribution in [2.45, 2.75) is 57.3 Å². The SMILES string of the molecule is CC(C)(C)OC(=O)N1CCC2(c3ccc(Cl)c(Cl)c3)CC2(Cn2ccc(C(F)(F)F)n2)C1. The molecule has 2 aliphatic rings.